The summed E-state index contributed by atoms with van der Waals surface area (Å²) >= 11 is 0. The summed E-state index contributed by atoms with van der Waals surface area (Å²) in [6, 6.07) is 0. The van der Waals surface area contributed by atoms with Gasteiger partial charge in [0.15, 0.2) is 6.10 Å². The molecule has 0 heterocycles. The molecule has 0 radical (unpaired) electrons. The van der Waals surface area contributed by atoms with E-state index in [0.717, 1.165) is 69.6 Å². The molecule has 0 saturated carbocycles. The van der Waals surface area contributed by atoms with Gasteiger partial charge in [0.05, 0.1) is 0 Å². The number of hydrogen-bond acceptors (Lipinski definition) is 6. The van der Waals surface area contributed by atoms with Crippen molar-refractivity contribution in [3.8, 4) is 0 Å². The van der Waals surface area contributed by atoms with Gasteiger partial charge in [0.25, 0.3) is 0 Å². The lowest BCUT2D eigenvalue weighted by molar-refractivity contribution is -0.167. The standard InChI is InChI=1S/C65H126O6/c1-6-7-8-9-10-11-12-23-30-35-40-45-50-55-63(66)69-58-62(59-70-64(67)56-51-46-41-36-31-26-21-18-17-20-25-29-34-39-44-49-54-61(4)5)71-65(68)57-52-47-42-37-32-27-22-16-14-13-15-19-24-28-33-38-43-48-53-60(2)3/h60-62H,6-59H2,1-5H3/t62-/m1/s1. The maximum absolute atomic E-state index is 12.9. The van der Waals surface area contributed by atoms with E-state index in [1.54, 1.807) is 0 Å². The van der Waals surface area contributed by atoms with Crippen molar-refractivity contribution in [1.82, 2.24) is 0 Å². The van der Waals surface area contributed by atoms with Crippen LogP contribution < -0.4 is 0 Å². The predicted octanol–water partition coefficient (Wildman–Crippen LogP) is 21.6. The smallest absolute Gasteiger partial charge is 0.306 e. The summed E-state index contributed by atoms with van der Waals surface area (Å²) in [6.45, 7) is 11.5. The van der Waals surface area contributed by atoms with E-state index >= 15 is 0 Å². The van der Waals surface area contributed by atoms with Crippen LogP contribution in [0.4, 0.5) is 0 Å². The van der Waals surface area contributed by atoms with Crippen molar-refractivity contribution in [3.63, 3.8) is 0 Å². The van der Waals surface area contributed by atoms with Crippen molar-refractivity contribution in [2.75, 3.05) is 13.2 Å². The fourth-order valence-corrected chi connectivity index (χ4v) is 10.1. The van der Waals surface area contributed by atoms with Gasteiger partial charge < -0.3 is 14.2 Å². The number of hydrogen-bond donors (Lipinski definition) is 0. The third-order valence-corrected chi connectivity index (χ3v) is 15.0. The first-order chi connectivity index (χ1) is 34.7. The van der Waals surface area contributed by atoms with Crippen molar-refractivity contribution in [3.05, 3.63) is 0 Å². The Labute approximate surface area is 444 Å². The summed E-state index contributed by atoms with van der Waals surface area (Å²) < 4.78 is 17.0. The van der Waals surface area contributed by atoms with Crippen LogP contribution in [0.2, 0.25) is 0 Å². The average Bonchev–Trinajstić information content (AvgIpc) is 3.35. The lowest BCUT2D eigenvalue weighted by atomic mass is 10.0. The summed E-state index contributed by atoms with van der Waals surface area (Å²) in [7, 11) is 0. The highest BCUT2D eigenvalue weighted by Gasteiger charge is 2.19. The van der Waals surface area contributed by atoms with Gasteiger partial charge in [0, 0.05) is 19.3 Å². The van der Waals surface area contributed by atoms with E-state index in [1.807, 2.05) is 0 Å². The van der Waals surface area contributed by atoms with E-state index in [2.05, 4.69) is 34.6 Å². The van der Waals surface area contributed by atoms with Crippen molar-refractivity contribution >= 4 is 17.9 Å². The number of carbonyl (C=O) groups excluding carboxylic acids is 3. The normalized spacial score (nSPS) is 12.0. The Kier molecular flexibility index (Phi) is 56.4. The molecule has 0 unspecified atom stereocenters. The molecule has 1 atom stereocenters. The maximum atomic E-state index is 12.9. The van der Waals surface area contributed by atoms with Gasteiger partial charge in [-0.25, -0.2) is 0 Å². The van der Waals surface area contributed by atoms with Crippen molar-refractivity contribution in [2.45, 2.75) is 375 Å². The molecule has 71 heavy (non-hydrogen) atoms. The minimum Gasteiger partial charge on any atom is -0.462 e. The summed E-state index contributed by atoms with van der Waals surface area (Å²) in [5.74, 6) is 0.881. The molecule has 0 spiro atoms. The SMILES string of the molecule is CCCCCCCCCCCCCCCC(=O)OC[C@H](COC(=O)CCCCCCCCCCCCCCCCCCC(C)C)OC(=O)CCCCCCCCCCCCCCCCCCCCC(C)C. The van der Waals surface area contributed by atoms with Crippen LogP contribution in [0.25, 0.3) is 0 Å². The number of rotatable bonds is 59. The second-order valence-corrected chi connectivity index (χ2v) is 23.4. The molecule has 0 bridgehead atoms. The molecule has 0 N–H and O–H groups in total. The van der Waals surface area contributed by atoms with E-state index in [1.165, 1.54) is 257 Å². The van der Waals surface area contributed by atoms with Gasteiger partial charge in [0.1, 0.15) is 13.2 Å². The molecule has 422 valence electrons. The van der Waals surface area contributed by atoms with Crippen molar-refractivity contribution in [1.29, 1.82) is 0 Å². The van der Waals surface area contributed by atoms with E-state index in [4.69, 9.17) is 14.2 Å². The number of esters is 3. The van der Waals surface area contributed by atoms with Crippen LogP contribution in [0.15, 0.2) is 0 Å². The van der Waals surface area contributed by atoms with E-state index < -0.39 is 6.10 Å². The van der Waals surface area contributed by atoms with Crippen LogP contribution in [0.5, 0.6) is 0 Å². The molecule has 0 aromatic carbocycles. The minimum atomic E-state index is -0.763. The van der Waals surface area contributed by atoms with Crippen LogP contribution in [0.3, 0.4) is 0 Å². The van der Waals surface area contributed by atoms with Gasteiger partial charge in [0.2, 0.25) is 0 Å². The molecular formula is C65H126O6. The Morgan fingerprint density at radius 1 is 0.268 bits per heavy atom. The summed E-state index contributed by atoms with van der Waals surface area (Å²) in [6.07, 6.45) is 63.9. The first-order valence-corrected chi connectivity index (χ1v) is 32.2. The molecule has 6 heteroatoms. The quantitative estimate of drug-likeness (QED) is 0.0343. The zero-order valence-corrected chi connectivity index (χ0v) is 48.9. The molecule has 0 aliphatic heterocycles. The van der Waals surface area contributed by atoms with Gasteiger partial charge in [-0.05, 0) is 31.1 Å². The first kappa shape index (κ1) is 69.4. The fraction of sp³-hybridized carbons (Fsp3) is 0.954. The highest BCUT2D eigenvalue weighted by molar-refractivity contribution is 5.71. The maximum Gasteiger partial charge on any atom is 0.306 e. The van der Waals surface area contributed by atoms with E-state index in [-0.39, 0.29) is 31.1 Å². The predicted molar refractivity (Wildman–Crippen MR) is 307 cm³/mol. The topological polar surface area (TPSA) is 78.9 Å². The zero-order valence-electron chi connectivity index (χ0n) is 48.9. The average molecular weight is 1000 g/mol. The summed E-state index contributed by atoms with van der Waals surface area (Å²) in [5.41, 5.74) is 0. The lowest BCUT2D eigenvalue weighted by Crippen LogP contribution is -2.30. The number of ether oxygens (including phenoxy) is 3. The molecule has 0 aromatic rings. The number of carbonyl (C=O) groups is 3. The number of unbranched alkanes of at least 4 members (excludes halogenated alkanes) is 44. The van der Waals surface area contributed by atoms with Crippen molar-refractivity contribution in [2.24, 2.45) is 11.8 Å². The third-order valence-electron chi connectivity index (χ3n) is 15.0. The molecule has 6 nitrogen and oxygen atoms in total. The highest BCUT2D eigenvalue weighted by atomic mass is 16.6. The van der Waals surface area contributed by atoms with Crippen LogP contribution in [0.1, 0.15) is 369 Å². The second kappa shape index (κ2) is 57.7. The zero-order chi connectivity index (χ0) is 51.8. The summed E-state index contributed by atoms with van der Waals surface area (Å²) in [4.78, 5) is 38.3. The van der Waals surface area contributed by atoms with Gasteiger partial charge in [-0.3, -0.25) is 14.4 Å². The van der Waals surface area contributed by atoms with Crippen LogP contribution in [-0.4, -0.2) is 37.2 Å². The second-order valence-electron chi connectivity index (χ2n) is 23.4. The molecular weight excluding hydrogens is 877 g/mol. The molecule has 0 rings (SSSR count). The summed E-state index contributed by atoms with van der Waals surface area (Å²) in [5, 5.41) is 0. The highest BCUT2D eigenvalue weighted by Crippen LogP contribution is 2.19. The molecule has 0 aromatic heterocycles. The van der Waals surface area contributed by atoms with Gasteiger partial charge in [-0.2, -0.15) is 0 Å². The Morgan fingerprint density at radius 3 is 0.690 bits per heavy atom. The largest absolute Gasteiger partial charge is 0.462 e. The molecule has 0 saturated heterocycles. The van der Waals surface area contributed by atoms with Crippen molar-refractivity contribution < 1.29 is 28.6 Å². The van der Waals surface area contributed by atoms with Crippen LogP contribution >= 0.6 is 0 Å². The Hall–Kier alpha value is -1.59. The van der Waals surface area contributed by atoms with Gasteiger partial charge in [-0.15, -0.1) is 0 Å². The minimum absolute atomic E-state index is 0.0617. The molecule has 0 aliphatic rings. The molecule has 0 fully saturated rings. The monoisotopic (exact) mass is 1000 g/mol. The van der Waals surface area contributed by atoms with Gasteiger partial charge >= 0.3 is 17.9 Å². The van der Waals surface area contributed by atoms with Crippen LogP contribution in [-0.2, 0) is 28.6 Å². The third kappa shape index (κ3) is 59.2. The fourth-order valence-electron chi connectivity index (χ4n) is 10.1. The Balaban J connectivity index is 4.25. The Bertz CT molecular complexity index is 1090. The van der Waals surface area contributed by atoms with Gasteiger partial charge in [-0.1, -0.05) is 330 Å². The lowest BCUT2D eigenvalue weighted by Gasteiger charge is -2.18. The first-order valence-electron chi connectivity index (χ1n) is 32.2. The van der Waals surface area contributed by atoms with E-state index in [9.17, 15) is 14.4 Å². The molecule has 0 aliphatic carbocycles. The Morgan fingerprint density at radius 2 is 0.465 bits per heavy atom. The van der Waals surface area contributed by atoms with Crippen LogP contribution in [0, 0.1) is 11.8 Å². The van der Waals surface area contributed by atoms with E-state index in [0.29, 0.717) is 19.3 Å². The molecule has 0 amide bonds.